The van der Waals surface area contributed by atoms with Gasteiger partial charge in [-0.15, -0.1) is 0 Å². The molecule has 0 atom stereocenters. The molecule has 14 nitrogen and oxygen atoms in total. The van der Waals surface area contributed by atoms with Crippen molar-refractivity contribution in [2.45, 2.75) is 0 Å². The maximum atomic E-state index is 12.3. The van der Waals surface area contributed by atoms with Crippen LogP contribution in [0.2, 0.25) is 20.1 Å². The number of nitrogens with zero attached hydrogens (tertiary/aromatic N) is 2. The minimum atomic E-state index is -1.03. The molecule has 306 valence electrons. The van der Waals surface area contributed by atoms with Crippen molar-refractivity contribution in [3.8, 4) is 23.3 Å². The Morgan fingerprint density at radius 3 is 1.43 bits per heavy atom. The minimum Gasteiger partial charge on any atom is -0.477 e. The summed E-state index contributed by atoms with van der Waals surface area (Å²) in [4.78, 5) is 61.5. The van der Waals surface area contributed by atoms with Crippen molar-refractivity contribution >= 4 is 103 Å². The zero-order valence-electron chi connectivity index (χ0n) is 31.3. The molecule has 0 fully saturated rings. The average molecular weight is 899 g/mol. The van der Waals surface area contributed by atoms with E-state index in [0.717, 1.165) is 10.9 Å². The number of pyridine rings is 2. The molecule has 61 heavy (non-hydrogen) atoms. The Bertz CT molecular complexity index is 2960. The van der Waals surface area contributed by atoms with E-state index in [2.05, 4.69) is 30.6 Å². The SMILES string of the molecule is COC(=O)c1cc2cc(Oc3ccc(NC(=O)c4ccc(Cl)c(Cl)c4)cn3)ccc2[nH]1.O=C(Nc1ccc(Oc2ccc3[nH]c(C(=O)O)cc3c2)nc1)c1ccc(Cl)c(Cl)c1. The van der Waals surface area contributed by atoms with Gasteiger partial charge in [0.2, 0.25) is 11.8 Å². The molecule has 5 N–H and O–H groups in total. The number of aromatic carboxylic acids is 1. The van der Waals surface area contributed by atoms with E-state index in [1.165, 1.54) is 37.7 Å². The third-order valence-corrected chi connectivity index (χ3v) is 10.1. The van der Waals surface area contributed by atoms with Crippen molar-refractivity contribution in [3.63, 3.8) is 0 Å². The number of carboxylic acid groups (broad SMARTS) is 1. The Kier molecular flexibility index (Phi) is 12.7. The van der Waals surface area contributed by atoms with E-state index < -0.39 is 11.9 Å². The van der Waals surface area contributed by atoms with Crippen LogP contribution < -0.4 is 20.1 Å². The second kappa shape index (κ2) is 18.4. The molecule has 0 radical (unpaired) electrons. The van der Waals surface area contributed by atoms with Gasteiger partial charge < -0.3 is 39.9 Å². The van der Waals surface area contributed by atoms with Crippen molar-refractivity contribution in [2.75, 3.05) is 17.7 Å². The first-order chi connectivity index (χ1) is 29.3. The lowest BCUT2D eigenvalue weighted by molar-refractivity contribution is 0.0594. The van der Waals surface area contributed by atoms with Crippen LogP contribution in [0.1, 0.15) is 41.7 Å². The monoisotopic (exact) mass is 896 g/mol. The first-order valence-electron chi connectivity index (χ1n) is 17.7. The third-order valence-electron chi connectivity index (χ3n) is 8.62. The van der Waals surface area contributed by atoms with Gasteiger partial charge in [-0.3, -0.25) is 9.59 Å². The van der Waals surface area contributed by atoms with Crippen LogP contribution in [0.15, 0.2) is 122 Å². The lowest BCUT2D eigenvalue weighted by Crippen LogP contribution is -2.12. The number of carbonyl (C=O) groups excluding carboxylic acids is 3. The van der Waals surface area contributed by atoms with Gasteiger partial charge >= 0.3 is 11.9 Å². The zero-order valence-corrected chi connectivity index (χ0v) is 34.3. The third kappa shape index (κ3) is 10.4. The molecule has 8 aromatic rings. The van der Waals surface area contributed by atoms with E-state index in [1.807, 2.05) is 0 Å². The lowest BCUT2D eigenvalue weighted by Gasteiger charge is -2.08. The smallest absolute Gasteiger partial charge is 0.354 e. The minimum absolute atomic E-state index is 0.0994. The van der Waals surface area contributed by atoms with Crippen LogP contribution >= 0.6 is 46.4 Å². The van der Waals surface area contributed by atoms with Gasteiger partial charge in [0.25, 0.3) is 11.8 Å². The lowest BCUT2D eigenvalue weighted by atomic mass is 10.2. The predicted molar refractivity (Wildman–Crippen MR) is 232 cm³/mol. The summed E-state index contributed by atoms with van der Waals surface area (Å²) >= 11 is 23.6. The van der Waals surface area contributed by atoms with Crippen LogP contribution in [0.25, 0.3) is 21.8 Å². The van der Waals surface area contributed by atoms with E-state index in [4.69, 9.17) is 65.7 Å². The molecule has 0 aliphatic carbocycles. The number of methoxy groups -OCH3 is 1. The van der Waals surface area contributed by atoms with Gasteiger partial charge in [-0.2, -0.15) is 0 Å². The number of halogens is 4. The van der Waals surface area contributed by atoms with Crippen LogP contribution in [0.3, 0.4) is 0 Å². The summed E-state index contributed by atoms with van der Waals surface area (Å²) in [6, 6.07) is 29.5. The van der Waals surface area contributed by atoms with E-state index in [9.17, 15) is 19.2 Å². The summed E-state index contributed by atoms with van der Waals surface area (Å²) in [5.74, 6) is -0.467. The van der Waals surface area contributed by atoms with Gasteiger partial charge in [0.15, 0.2) is 0 Å². The van der Waals surface area contributed by atoms with Crippen molar-refractivity contribution in [1.29, 1.82) is 0 Å². The Balaban J connectivity index is 0.000000184. The number of nitrogens with one attached hydrogen (secondary N) is 4. The molecule has 18 heteroatoms. The number of anilines is 2. The quantitative estimate of drug-likeness (QED) is 0.0823. The normalized spacial score (nSPS) is 10.7. The van der Waals surface area contributed by atoms with Gasteiger partial charge in [0.05, 0.1) is 51.0 Å². The molecular formula is C43H28Cl4N6O8. The summed E-state index contributed by atoms with van der Waals surface area (Å²) in [6.45, 7) is 0. The fourth-order valence-electron chi connectivity index (χ4n) is 5.64. The zero-order chi connectivity index (χ0) is 43.2. The molecule has 4 aromatic heterocycles. The molecule has 4 aromatic carbocycles. The topological polar surface area (TPSA) is 198 Å². The van der Waals surface area contributed by atoms with Crippen molar-refractivity contribution in [1.82, 2.24) is 19.9 Å². The van der Waals surface area contributed by atoms with Gasteiger partial charge in [0, 0.05) is 45.1 Å². The van der Waals surface area contributed by atoms with Crippen LogP contribution in [0.4, 0.5) is 11.4 Å². The van der Waals surface area contributed by atoms with Gasteiger partial charge in [-0.25, -0.2) is 19.6 Å². The maximum Gasteiger partial charge on any atom is 0.354 e. The summed E-state index contributed by atoms with van der Waals surface area (Å²) in [5, 5.41) is 17.3. The molecule has 0 aliphatic rings. The van der Waals surface area contributed by atoms with E-state index in [1.54, 1.807) is 91.0 Å². The van der Waals surface area contributed by atoms with Crippen molar-refractivity contribution in [3.05, 3.63) is 164 Å². The Morgan fingerprint density at radius 2 is 1.02 bits per heavy atom. The molecule has 2 amide bonds. The molecule has 0 unspecified atom stereocenters. The number of aromatic amines is 2. The Hall–Kier alpha value is -7.10. The number of fused-ring (bicyclic) bond motifs is 2. The van der Waals surface area contributed by atoms with Crippen LogP contribution in [-0.2, 0) is 4.74 Å². The molecular weight excluding hydrogens is 870 g/mol. The van der Waals surface area contributed by atoms with Crippen molar-refractivity contribution in [2.24, 2.45) is 0 Å². The van der Waals surface area contributed by atoms with Gasteiger partial charge in [0.1, 0.15) is 22.9 Å². The second-order valence-corrected chi connectivity index (χ2v) is 14.4. The van der Waals surface area contributed by atoms with Gasteiger partial charge in [-0.1, -0.05) is 46.4 Å². The number of carbonyl (C=O) groups is 4. The largest absolute Gasteiger partial charge is 0.477 e. The van der Waals surface area contributed by atoms with Crippen LogP contribution in [-0.4, -0.2) is 55.9 Å². The maximum absolute atomic E-state index is 12.3. The van der Waals surface area contributed by atoms with E-state index in [-0.39, 0.29) is 17.5 Å². The van der Waals surface area contributed by atoms with Gasteiger partial charge in [-0.05, 0) is 97.1 Å². The molecule has 0 aliphatic heterocycles. The molecule has 0 spiro atoms. The highest BCUT2D eigenvalue weighted by atomic mass is 35.5. The fourth-order valence-corrected chi connectivity index (χ4v) is 6.23. The highest BCUT2D eigenvalue weighted by Gasteiger charge is 2.14. The summed E-state index contributed by atoms with van der Waals surface area (Å²) < 4.78 is 16.2. The number of carboxylic acids is 1. The highest BCUT2D eigenvalue weighted by Crippen LogP contribution is 2.29. The molecule has 0 saturated carbocycles. The number of hydrogen-bond acceptors (Lipinski definition) is 9. The standard InChI is InChI=1S/C22H15Cl2N3O4.C21H13Cl2N3O4/c1-30-22(29)19-10-13-8-15(4-6-18(13)27-19)31-20-7-3-14(11-25-20)26-21(28)12-2-5-16(23)17(24)9-12;22-15-4-1-11(8-16(15)23)20(27)25-13-2-6-19(24-10-13)30-14-3-5-17-12(7-14)9-18(26-17)21(28)29/h2-11,27H,1H3,(H,26,28);1-10,26H,(H,25,27)(H,28,29). The number of benzene rings is 4. The molecule has 0 saturated heterocycles. The number of aromatic nitrogens is 4. The number of amides is 2. The Labute approximate surface area is 365 Å². The first kappa shape index (κ1) is 42.0. The van der Waals surface area contributed by atoms with Crippen LogP contribution in [0, 0.1) is 0 Å². The number of esters is 1. The number of ether oxygens (including phenoxy) is 3. The summed E-state index contributed by atoms with van der Waals surface area (Å²) in [5.41, 5.74) is 3.63. The van der Waals surface area contributed by atoms with Crippen LogP contribution in [0.5, 0.6) is 23.3 Å². The van der Waals surface area contributed by atoms with E-state index in [0.29, 0.717) is 82.4 Å². The average Bonchev–Trinajstić information content (AvgIpc) is 3.89. The summed E-state index contributed by atoms with van der Waals surface area (Å²) in [7, 11) is 1.32. The predicted octanol–water partition coefficient (Wildman–Crippen LogP) is 11.3. The van der Waals surface area contributed by atoms with E-state index >= 15 is 0 Å². The number of H-pyrrole nitrogens is 2. The first-order valence-corrected chi connectivity index (χ1v) is 19.2. The fraction of sp³-hybridized carbons (Fsp3) is 0.0233. The second-order valence-electron chi connectivity index (χ2n) is 12.8. The Morgan fingerprint density at radius 1 is 0.557 bits per heavy atom. The number of rotatable bonds is 10. The van der Waals surface area contributed by atoms with Crippen molar-refractivity contribution < 1.29 is 38.5 Å². The summed E-state index contributed by atoms with van der Waals surface area (Å²) in [6.07, 6.45) is 2.94. The molecule has 0 bridgehead atoms. The molecule has 8 rings (SSSR count). The highest BCUT2D eigenvalue weighted by molar-refractivity contribution is 6.42. The number of hydrogen-bond donors (Lipinski definition) is 5. The molecule has 4 heterocycles.